The van der Waals surface area contributed by atoms with Crippen LogP contribution in [0.4, 0.5) is 0 Å². The Morgan fingerprint density at radius 2 is 1.70 bits per heavy atom. The summed E-state index contributed by atoms with van der Waals surface area (Å²) in [5, 5.41) is 0. The molecular formula is C21H21N5O. The Hall–Kier alpha value is -3.15. The average Bonchev–Trinajstić information content (AvgIpc) is 3.42. The molecule has 0 saturated carbocycles. The van der Waals surface area contributed by atoms with E-state index in [1.165, 1.54) is 0 Å². The van der Waals surface area contributed by atoms with Crippen LogP contribution in [0.2, 0.25) is 0 Å². The minimum Gasteiger partial charge on any atom is -0.342 e. The molecule has 1 amide bonds. The summed E-state index contributed by atoms with van der Waals surface area (Å²) in [6.07, 6.45) is 3.04. The molecule has 0 aliphatic carbocycles. The predicted octanol–water partition coefficient (Wildman–Crippen LogP) is 3.74. The van der Waals surface area contributed by atoms with Gasteiger partial charge in [0.1, 0.15) is 11.6 Å². The van der Waals surface area contributed by atoms with Crippen LogP contribution in [0.5, 0.6) is 0 Å². The lowest BCUT2D eigenvalue weighted by Gasteiger charge is -2.23. The van der Waals surface area contributed by atoms with Crippen LogP contribution in [0.25, 0.3) is 22.1 Å². The van der Waals surface area contributed by atoms with E-state index in [0.717, 1.165) is 53.1 Å². The highest BCUT2D eigenvalue weighted by molar-refractivity contribution is 5.79. The maximum absolute atomic E-state index is 12.9. The Balaban J connectivity index is 1.31. The van der Waals surface area contributed by atoms with Crippen molar-refractivity contribution in [3.8, 4) is 0 Å². The van der Waals surface area contributed by atoms with Gasteiger partial charge in [-0.3, -0.25) is 4.79 Å². The van der Waals surface area contributed by atoms with Crippen molar-refractivity contribution in [2.24, 2.45) is 0 Å². The van der Waals surface area contributed by atoms with Gasteiger partial charge in [-0.05, 0) is 37.1 Å². The molecule has 1 fully saturated rings. The first-order valence-electron chi connectivity index (χ1n) is 9.46. The molecule has 0 radical (unpaired) electrons. The molecule has 1 unspecified atom stereocenters. The number of benzene rings is 2. The molecule has 27 heavy (non-hydrogen) atoms. The molecule has 1 saturated heterocycles. The lowest BCUT2D eigenvalue weighted by molar-refractivity contribution is -0.132. The standard InChI is InChI=1S/C21H21N5O/c27-20(12-11-19-22-14-6-1-2-7-15(14)23-19)26-13-5-10-18(26)21-24-16-8-3-4-9-17(16)25-21/h1-4,6-9,18H,5,10-13H2,(H,22,23)(H,24,25). The van der Waals surface area contributed by atoms with Crippen LogP contribution in [-0.4, -0.2) is 37.3 Å². The van der Waals surface area contributed by atoms with Crippen molar-refractivity contribution in [1.82, 2.24) is 24.8 Å². The van der Waals surface area contributed by atoms with Gasteiger partial charge in [0.25, 0.3) is 0 Å². The van der Waals surface area contributed by atoms with Crippen LogP contribution < -0.4 is 0 Å². The number of aryl methyl sites for hydroxylation is 1. The number of amides is 1. The molecule has 1 aliphatic heterocycles. The number of likely N-dealkylation sites (tertiary alicyclic amines) is 1. The number of carbonyl (C=O) groups is 1. The third kappa shape index (κ3) is 2.97. The molecule has 1 atom stereocenters. The number of fused-ring (bicyclic) bond motifs is 2. The number of imidazole rings is 2. The van der Waals surface area contributed by atoms with Gasteiger partial charge in [-0.1, -0.05) is 24.3 Å². The highest BCUT2D eigenvalue weighted by Crippen LogP contribution is 2.32. The third-order valence-corrected chi connectivity index (χ3v) is 5.31. The number of hydrogen-bond donors (Lipinski definition) is 2. The summed E-state index contributed by atoms with van der Waals surface area (Å²) in [5.41, 5.74) is 3.94. The maximum Gasteiger partial charge on any atom is 0.223 e. The molecular weight excluding hydrogens is 338 g/mol. The van der Waals surface area contributed by atoms with Crippen molar-refractivity contribution >= 4 is 28.0 Å². The van der Waals surface area contributed by atoms with Crippen molar-refractivity contribution < 1.29 is 4.79 Å². The first-order chi connectivity index (χ1) is 13.3. The molecule has 0 bridgehead atoms. The second-order valence-electron chi connectivity index (χ2n) is 7.08. The monoisotopic (exact) mass is 359 g/mol. The van der Waals surface area contributed by atoms with E-state index in [9.17, 15) is 4.79 Å². The lowest BCUT2D eigenvalue weighted by Crippen LogP contribution is -2.31. The van der Waals surface area contributed by atoms with Crippen LogP contribution in [-0.2, 0) is 11.2 Å². The number of H-pyrrole nitrogens is 2. The first kappa shape index (κ1) is 16.1. The molecule has 3 heterocycles. The Morgan fingerprint density at radius 1 is 1.00 bits per heavy atom. The van der Waals surface area contributed by atoms with Crippen molar-refractivity contribution in [3.05, 3.63) is 60.2 Å². The number of aromatic nitrogens is 4. The zero-order chi connectivity index (χ0) is 18.2. The second kappa shape index (κ2) is 6.54. The maximum atomic E-state index is 12.9. The fourth-order valence-corrected chi connectivity index (χ4v) is 3.97. The van der Waals surface area contributed by atoms with Gasteiger partial charge < -0.3 is 14.9 Å². The number of carbonyl (C=O) groups excluding carboxylic acids is 1. The SMILES string of the molecule is O=C(CCc1nc2ccccc2[nH]1)N1CCCC1c1nc2ccccc2[nH]1. The van der Waals surface area contributed by atoms with E-state index in [-0.39, 0.29) is 11.9 Å². The van der Waals surface area contributed by atoms with Crippen LogP contribution in [0.15, 0.2) is 48.5 Å². The number of nitrogens with one attached hydrogen (secondary N) is 2. The quantitative estimate of drug-likeness (QED) is 0.583. The summed E-state index contributed by atoms with van der Waals surface area (Å²) in [5.74, 6) is 1.92. The smallest absolute Gasteiger partial charge is 0.223 e. The van der Waals surface area contributed by atoms with E-state index in [2.05, 4.69) is 15.0 Å². The van der Waals surface area contributed by atoms with Crippen molar-refractivity contribution in [2.75, 3.05) is 6.54 Å². The van der Waals surface area contributed by atoms with E-state index in [0.29, 0.717) is 12.8 Å². The molecule has 0 spiro atoms. The van der Waals surface area contributed by atoms with E-state index >= 15 is 0 Å². The Morgan fingerprint density at radius 3 is 2.44 bits per heavy atom. The molecule has 4 aromatic rings. The number of hydrogen-bond acceptors (Lipinski definition) is 3. The highest BCUT2D eigenvalue weighted by atomic mass is 16.2. The number of nitrogens with zero attached hydrogens (tertiary/aromatic N) is 3. The third-order valence-electron chi connectivity index (χ3n) is 5.31. The molecule has 136 valence electrons. The molecule has 1 aliphatic rings. The molecule has 2 N–H and O–H groups in total. The Kier molecular flexibility index (Phi) is 3.89. The Labute approximate surface area is 156 Å². The van der Waals surface area contributed by atoms with E-state index in [1.807, 2.05) is 53.4 Å². The van der Waals surface area contributed by atoms with Crippen molar-refractivity contribution in [2.45, 2.75) is 31.7 Å². The molecule has 6 heteroatoms. The topological polar surface area (TPSA) is 77.7 Å². The number of rotatable bonds is 4. The van der Waals surface area contributed by atoms with Gasteiger partial charge in [0.15, 0.2) is 0 Å². The van der Waals surface area contributed by atoms with Gasteiger partial charge in [0.05, 0.1) is 28.1 Å². The average molecular weight is 359 g/mol. The summed E-state index contributed by atoms with van der Waals surface area (Å²) in [6.45, 7) is 0.792. The predicted molar refractivity (Wildman–Crippen MR) is 104 cm³/mol. The minimum absolute atomic E-state index is 0.0422. The van der Waals surface area contributed by atoms with Crippen LogP contribution >= 0.6 is 0 Å². The summed E-state index contributed by atoms with van der Waals surface area (Å²) in [7, 11) is 0. The van der Waals surface area contributed by atoms with Gasteiger partial charge in [0, 0.05) is 19.4 Å². The van der Waals surface area contributed by atoms with E-state index < -0.39 is 0 Å². The summed E-state index contributed by atoms with van der Waals surface area (Å²) >= 11 is 0. The van der Waals surface area contributed by atoms with Gasteiger partial charge in [0.2, 0.25) is 5.91 Å². The van der Waals surface area contributed by atoms with Gasteiger partial charge in [-0.2, -0.15) is 0 Å². The fourth-order valence-electron chi connectivity index (χ4n) is 3.97. The van der Waals surface area contributed by atoms with Crippen LogP contribution in [0.3, 0.4) is 0 Å². The largest absolute Gasteiger partial charge is 0.342 e. The second-order valence-corrected chi connectivity index (χ2v) is 7.08. The van der Waals surface area contributed by atoms with Gasteiger partial charge in [-0.25, -0.2) is 9.97 Å². The van der Waals surface area contributed by atoms with Crippen LogP contribution in [0.1, 0.15) is 37.0 Å². The van der Waals surface area contributed by atoms with E-state index in [1.54, 1.807) is 0 Å². The minimum atomic E-state index is 0.0422. The molecule has 5 rings (SSSR count). The lowest BCUT2D eigenvalue weighted by atomic mass is 10.2. The summed E-state index contributed by atoms with van der Waals surface area (Å²) < 4.78 is 0. The van der Waals surface area contributed by atoms with Crippen LogP contribution in [0, 0.1) is 0 Å². The van der Waals surface area contributed by atoms with Gasteiger partial charge in [-0.15, -0.1) is 0 Å². The number of aromatic amines is 2. The fraction of sp³-hybridized carbons (Fsp3) is 0.286. The zero-order valence-electron chi connectivity index (χ0n) is 15.0. The molecule has 2 aromatic carbocycles. The van der Waals surface area contributed by atoms with Gasteiger partial charge >= 0.3 is 0 Å². The first-order valence-corrected chi connectivity index (χ1v) is 9.46. The van der Waals surface area contributed by atoms with E-state index in [4.69, 9.17) is 4.98 Å². The summed E-state index contributed by atoms with van der Waals surface area (Å²) in [6, 6.07) is 16.0. The van der Waals surface area contributed by atoms with Crippen molar-refractivity contribution in [3.63, 3.8) is 0 Å². The molecule has 6 nitrogen and oxygen atoms in total. The molecule has 2 aromatic heterocycles. The highest BCUT2D eigenvalue weighted by Gasteiger charge is 2.31. The summed E-state index contributed by atoms with van der Waals surface area (Å²) in [4.78, 5) is 30.8. The normalized spacial score (nSPS) is 17.2. The Bertz CT molecular complexity index is 1050. The zero-order valence-corrected chi connectivity index (χ0v) is 15.0. The number of para-hydroxylation sites is 4. The van der Waals surface area contributed by atoms with Crippen molar-refractivity contribution in [1.29, 1.82) is 0 Å².